The maximum atomic E-state index is 12.3. The number of ether oxygens (including phenoxy) is 2. The fourth-order valence-corrected chi connectivity index (χ4v) is 3.18. The zero-order chi connectivity index (χ0) is 16.9. The molecule has 0 saturated carbocycles. The average Bonchev–Trinajstić information content (AvgIpc) is 3.19. The maximum absolute atomic E-state index is 12.3. The number of hydrogen-bond acceptors (Lipinski definition) is 5. The molecule has 1 aromatic heterocycles. The first-order valence-electron chi connectivity index (χ1n) is 8.57. The summed E-state index contributed by atoms with van der Waals surface area (Å²) >= 11 is 0. The Hall–Kier alpha value is -1.99. The predicted octanol–water partition coefficient (Wildman–Crippen LogP) is 2.34. The summed E-state index contributed by atoms with van der Waals surface area (Å²) in [6.45, 7) is 5.72. The van der Waals surface area contributed by atoms with Crippen molar-refractivity contribution in [1.29, 1.82) is 0 Å². The van der Waals surface area contributed by atoms with Crippen LogP contribution in [0, 0.1) is 0 Å². The van der Waals surface area contributed by atoms with Crippen LogP contribution in [0.3, 0.4) is 0 Å². The predicted molar refractivity (Wildman–Crippen MR) is 89.2 cm³/mol. The molecule has 1 atom stereocenters. The van der Waals surface area contributed by atoms with E-state index in [4.69, 9.17) is 9.47 Å². The van der Waals surface area contributed by atoms with Gasteiger partial charge in [-0.05, 0) is 32.4 Å². The minimum atomic E-state index is -0.374. The average molecular weight is 332 g/mol. The Kier molecular flexibility index (Phi) is 5.42. The summed E-state index contributed by atoms with van der Waals surface area (Å²) in [6.07, 6.45) is 1.35. The van der Waals surface area contributed by atoms with E-state index in [0.29, 0.717) is 26.1 Å². The van der Waals surface area contributed by atoms with Crippen LogP contribution in [0.1, 0.15) is 39.3 Å². The first-order valence-corrected chi connectivity index (χ1v) is 8.57. The van der Waals surface area contributed by atoms with Crippen LogP contribution in [0.15, 0.2) is 24.3 Å². The van der Waals surface area contributed by atoms with Gasteiger partial charge in [-0.3, -0.25) is 4.79 Å². The third-order valence-corrected chi connectivity index (χ3v) is 4.24. The van der Waals surface area contributed by atoms with E-state index in [1.165, 1.54) is 0 Å². The smallest absolute Gasteiger partial charge is 0.224 e. The van der Waals surface area contributed by atoms with Crippen molar-refractivity contribution in [3.05, 3.63) is 24.3 Å². The number of para-hydroxylation sites is 1. The highest BCUT2D eigenvalue weighted by Gasteiger charge is 2.33. The van der Waals surface area contributed by atoms with Gasteiger partial charge in [0.05, 0.1) is 5.52 Å². The second-order valence-electron chi connectivity index (χ2n) is 5.77. The topological polar surface area (TPSA) is 69.5 Å². The molecular formula is C17H24N4O3. The zero-order valence-corrected chi connectivity index (χ0v) is 14.2. The molecule has 7 heteroatoms. The molecule has 2 heterocycles. The molecule has 1 fully saturated rings. The molecule has 0 N–H and O–H groups in total. The Balaban J connectivity index is 1.93. The Morgan fingerprint density at radius 1 is 1.21 bits per heavy atom. The van der Waals surface area contributed by atoms with Gasteiger partial charge in [0.25, 0.3) is 0 Å². The van der Waals surface area contributed by atoms with Crippen LogP contribution in [0.2, 0.25) is 0 Å². The van der Waals surface area contributed by atoms with Crippen LogP contribution in [0.5, 0.6) is 0 Å². The molecule has 0 bridgehead atoms. The van der Waals surface area contributed by atoms with Gasteiger partial charge in [-0.25, -0.2) is 4.68 Å². The second-order valence-corrected chi connectivity index (χ2v) is 5.77. The number of aromatic nitrogens is 3. The van der Waals surface area contributed by atoms with Crippen LogP contribution in [0.4, 0.5) is 0 Å². The van der Waals surface area contributed by atoms with E-state index < -0.39 is 0 Å². The molecule has 3 rings (SSSR count). The maximum Gasteiger partial charge on any atom is 0.224 e. The van der Waals surface area contributed by atoms with Crippen molar-refractivity contribution in [3.63, 3.8) is 0 Å². The fraction of sp³-hybridized carbons (Fsp3) is 0.588. The molecule has 1 aromatic carbocycles. The minimum absolute atomic E-state index is 0.145. The molecule has 1 unspecified atom stereocenters. The van der Waals surface area contributed by atoms with E-state index in [0.717, 1.165) is 24.0 Å². The number of hydrogen-bond donors (Lipinski definition) is 0. The molecule has 7 nitrogen and oxygen atoms in total. The summed E-state index contributed by atoms with van der Waals surface area (Å²) in [5, 5.41) is 8.54. The molecule has 1 saturated heterocycles. The quantitative estimate of drug-likeness (QED) is 0.694. The Morgan fingerprint density at radius 2 is 1.96 bits per heavy atom. The highest BCUT2D eigenvalue weighted by Crippen LogP contribution is 2.28. The third-order valence-electron chi connectivity index (χ3n) is 4.24. The van der Waals surface area contributed by atoms with Gasteiger partial charge in [-0.2, -0.15) is 0 Å². The van der Waals surface area contributed by atoms with Crippen LogP contribution in [-0.4, -0.2) is 51.8 Å². The van der Waals surface area contributed by atoms with Crippen LogP contribution in [0.25, 0.3) is 11.0 Å². The Morgan fingerprint density at radius 3 is 2.62 bits per heavy atom. The van der Waals surface area contributed by atoms with Gasteiger partial charge in [0.15, 0.2) is 6.29 Å². The summed E-state index contributed by atoms with van der Waals surface area (Å²) in [6, 6.07) is 7.78. The highest BCUT2D eigenvalue weighted by molar-refractivity contribution is 5.79. The van der Waals surface area contributed by atoms with Crippen molar-refractivity contribution in [3.8, 4) is 0 Å². The molecule has 130 valence electrons. The second kappa shape index (κ2) is 7.72. The lowest BCUT2D eigenvalue weighted by atomic mass is 10.2. The van der Waals surface area contributed by atoms with E-state index >= 15 is 0 Å². The highest BCUT2D eigenvalue weighted by atomic mass is 16.7. The molecule has 1 amide bonds. The van der Waals surface area contributed by atoms with Gasteiger partial charge in [-0.15, -0.1) is 5.10 Å². The summed E-state index contributed by atoms with van der Waals surface area (Å²) < 4.78 is 13.2. The van der Waals surface area contributed by atoms with Crippen molar-refractivity contribution < 1.29 is 14.3 Å². The number of fused-ring (bicyclic) bond motifs is 1. The van der Waals surface area contributed by atoms with Gasteiger partial charge < -0.3 is 14.4 Å². The number of rotatable bonds is 8. The van der Waals surface area contributed by atoms with Crippen molar-refractivity contribution in [2.75, 3.05) is 19.8 Å². The van der Waals surface area contributed by atoms with Gasteiger partial charge in [0, 0.05) is 32.6 Å². The first-order chi connectivity index (χ1) is 11.7. The largest absolute Gasteiger partial charge is 0.353 e. The number of amides is 1. The molecular weight excluding hydrogens is 308 g/mol. The van der Waals surface area contributed by atoms with Gasteiger partial charge in [-0.1, -0.05) is 17.3 Å². The molecule has 0 radical (unpaired) electrons. The summed E-state index contributed by atoms with van der Waals surface area (Å²) in [4.78, 5) is 14.2. The standard InChI is InChI=1S/C17H24N4O3/c1-3-23-17(24-4-2)12-15(20-11-7-10-16(20)22)21-14-9-6-5-8-13(14)18-19-21/h5-6,8-9,15,17H,3-4,7,10-12H2,1-2H3. The SMILES string of the molecule is CCOC(CC(N1CCCC1=O)n1nnc2ccccc21)OCC. The van der Waals surface area contributed by atoms with Crippen LogP contribution < -0.4 is 0 Å². The van der Waals surface area contributed by atoms with E-state index in [1.54, 1.807) is 0 Å². The monoisotopic (exact) mass is 332 g/mol. The van der Waals surface area contributed by atoms with Gasteiger partial charge >= 0.3 is 0 Å². The van der Waals surface area contributed by atoms with Crippen molar-refractivity contribution >= 4 is 16.9 Å². The molecule has 0 spiro atoms. The normalized spacial score (nSPS) is 16.5. The van der Waals surface area contributed by atoms with E-state index in [2.05, 4.69) is 10.3 Å². The lowest BCUT2D eigenvalue weighted by Crippen LogP contribution is -2.37. The number of likely N-dealkylation sites (tertiary alicyclic amines) is 1. The molecule has 1 aliphatic rings. The van der Waals surface area contributed by atoms with E-state index in [9.17, 15) is 4.79 Å². The lowest BCUT2D eigenvalue weighted by Gasteiger charge is -2.31. The number of carbonyl (C=O) groups is 1. The van der Waals surface area contributed by atoms with Gasteiger partial charge in [0.1, 0.15) is 11.7 Å². The first kappa shape index (κ1) is 16.9. The fourth-order valence-electron chi connectivity index (χ4n) is 3.18. The number of nitrogens with zero attached hydrogens (tertiary/aromatic N) is 4. The molecule has 24 heavy (non-hydrogen) atoms. The number of carbonyl (C=O) groups excluding carboxylic acids is 1. The summed E-state index contributed by atoms with van der Waals surface area (Å²) in [5.41, 5.74) is 1.73. The summed E-state index contributed by atoms with van der Waals surface area (Å²) in [5.74, 6) is 0.145. The van der Waals surface area contributed by atoms with Gasteiger partial charge in [0.2, 0.25) is 5.91 Å². The van der Waals surface area contributed by atoms with Crippen molar-refractivity contribution in [2.45, 2.75) is 45.6 Å². The molecule has 1 aliphatic heterocycles. The van der Waals surface area contributed by atoms with Crippen molar-refractivity contribution in [2.24, 2.45) is 0 Å². The molecule has 0 aliphatic carbocycles. The van der Waals surface area contributed by atoms with Crippen LogP contribution in [-0.2, 0) is 14.3 Å². The van der Waals surface area contributed by atoms with Crippen LogP contribution >= 0.6 is 0 Å². The Bertz CT molecular complexity index is 681. The minimum Gasteiger partial charge on any atom is -0.353 e. The summed E-state index contributed by atoms with van der Waals surface area (Å²) in [7, 11) is 0. The third kappa shape index (κ3) is 3.42. The van der Waals surface area contributed by atoms with Crippen molar-refractivity contribution in [1.82, 2.24) is 19.9 Å². The zero-order valence-electron chi connectivity index (χ0n) is 14.2. The lowest BCUT2D eigenvalue weighted by molar-refractivity contribution is -0.158. The number of benzene rings is 1. The van der Waals surface area contributed by atoms with E-state index in [-0.39, 0.29) is 18.4 Å². The van der Waals surface area contributed by atoms with E-state index in [1.807, 2.05) is 47.7 Å². The Labute approximate surface area is 141 Å². The molecule has 2 aromatic rings.